The summed E-state index contributed by atoms with van der Waals surface area (Å²) in [4.78, 5) is 101. The van der Waals surface area contributed by atoms with E-state index in [9.17, 15) is 64.3 Å². The molecule has 7 atom stereocenters. The highest BCUT2D eigenvalue weighted by Gasteiger charge is 2.70. The van der Waals surface area contributed by atoms with Gasteiger partial charge in [0.05, 0.1) is 13.0 Å². The second-order valence-electron chi connectivity index (χ2n) is 17.8. The lowest BCUT2D eigenvalue weighted by molar-refractivity contribution is -0.199. The van der Waals surface area contributed by atoms with Gasteiger partial charge < -0.3 is 35.6 Å². The molecule has 3 saturated heterocycles. The molecule has 4 fully saturated rings. The summed E-state index contributed by atoms with van der Waals surface area (Å²) in [6.45, 7) is 2.82. The van der Waals surface area contributed by atoms with Gasteiger partial charge in [-0.3, -0.25) is 33.6 Å². The number of nitrogens with one attached hydrogen (secondary N) is 3. The molecule has 14 nitrogen and oxygen atoms in total. The lowest BCUT2D eigenvalue weighted by atomic mass is 9.98. The Labute approximate surface area is 381 Å². The third-order valence-electron chi connectivity index (χ3n) is 12.6. The first-order chi connectivity index (χ1) is 30.3. The molecule has 1 aromatic rings. The van der Waals surface area contributed by atoms with Gasteiger partial charge in [0.2, 0.25) is 41.4 Å². The van der Waals surface area contributed by atoms with E-state index in [1.165, 1.54) is 30.1 Å². The van der Waals surface area contributed by atoms with Crippen LogP contribution in [-0.4, -0.2) is 149 Å². The highest BCUT2D eigenvalue weighted by molar-refractivity contribution is 6.33. The molecule has 1 unspecified atom stereocenters. The normalized spacial score (nSPS) is 26.4. The van der Waals surface area contributed by atoms with E-state index in [0.29, 0.717) is 33.2 Å². The molecule has 7 amide bonds. The first-order valence-electron chi connectivity index (χ1n) is 21.5. The molecule has 0 spiro atoms. The average molecular weight is 973 g/mol. The van der Waals surface area contributed by atoms with Crippen LogP contribution in [0.2, 0.25) is 10.0 Å². The Morgan fingerprint density at radius 3 is 2.26 bits per heavy atom. The van der Waals surface area contributed by atoms with Crippen LogP contribution in [0.5, 0.6) is 0 Å². The van der Waals surface area contributed by atoms with Crippen LogP contribution in [0, 0.1) is 11.3 Å². The van der Waals surface area contributed by atoms with E-state index in [1.807, 2.05) is 5.32 Å². The smallest absolute Gasteiger partial charge is 0.354 e. The van der Waals surface area contributed by atoms with Gasteiger partial charge >= 0.3 is 12.4 Å². The molecule has 23 heteroatoms. The van der Waals surface area contributed by atoms with E-state index in [4.69, 9.17) is 23.2 Å². The molecule has 1 saturated carbocycles. The largest absolute Gasteiger partial charge is 0.403 e. The molecule has 1 aromatic carbocycles. The number of hydrogen-bond acceptors (Lipinski definition) is 7. The Hall–Kier alpha value is -4.40. The summed E-state index contributed by atoms with van der Waals surface area (Å²) in [5, 5.41) is 7.83. The second-order valence-corrected chi connectivity index (χ2v) is 18.6. The maximum Gasteiger partial charge on any atom is 0.403 e. The summed E-state index contributed by atoms with van der Waals surface area (Å²) in [5.41, 5.74) is -2.46. The van der Waals surface area contributed by atoms with E-state index in [0.717, 1.165) is 11.9 Å². The van der Waals surface area contributed by atoms with E-state index in [-0.39, 0.29) is 56.1 Å². The molecule has 0 bridgehead atoms. The van der Waals surface area contributed by atoms with Gasteiger partial charge in [-0.2, -0.15) is 26.3 Å². The van der Waals surface area contributed by atoms with Crippen LogP contribution in [0.4, 0.5) is 30.7 Å². The highest BCUT2D eigenvalue weighted by atomic mass is 35.5. The predicted molar refractivity (Wildman–Crippen MR) is 222 cm³/mol. The molecule has 3 heterocycles. The zero-order chi connectivity index (χ0) is 48.3. The summed E-state index contributed by atoms with van der Waals surface area (Å²) in [5.74, 6) is -7.63. The molecule has 0 radical (unpaired) electrons. The molecular formula is C42H54Cl2F7N7O7. The average Bonchev–Trinajstić information content (AvgIpc) is 3.74. The zero-order valence-electron chi connectivity index (χ0n) is 36.3. The van der Waals surface area contributed by atoms with Gasteiger partial charge in [0.25, 0.3) is 0 Å². The van der Waals surface area contributed by atoms with Crippen molar-refractivity contribution in [3.63, 3.8) is 0 Å². The molecule has 1 aliphatic carbocycles. The number of nitrogens with zero attached hydrogens (tertiary/aromatic N) is 4. The number of likely N-dealkylation sites (N-methyl/N-ethyl adjacent to an activating group) is 2. The third-order valence-corrected chi connectivity index (χ3v) is 13.2. The third kappa shape index (κ3) is 12.1. The van der Waals surface area contributed by atoms with Crippen molar-refractivity contribution in [2.75, 3.05) is 33.7 Å². The van der Waals surface area contributed by atoms with Crippen molar-refractivity contribution in [3.8, 4) is 0 Å². The van der Waals surface area contributed by atoms with Crippen molar-refractivity contribution in [2.24, 2.45) is 11.3 Å². The summed E-state index contributed by atoms with van der Waals surface area (Å²) in [6.07, 6.45) is -15.6. The van der Waals surface area contributed by atoms with Crippen LogP contribution >= 0.6 is 23.2 Å². The summed E-state index contributed by atoms with van der Waals surface area (Å²) in [7, 11) is 2.33. The molecule has 3 aliphatic heterocycles. The highest BCUT2D eigenvalue weighted by Crippen LogP contribution is 2.59. The van der Waals surface area contributed by atoms with E-state index in [2.05, 4.69) is 10.6 Å². The molecular weight excluding hydrogens is 918 g/mol. The van der Waals surface area contributed by atoms with Crippen molar-refractivity contribution in [1.82, 2.24) is 35.6 Å². The number of alkyl halides is 7. The maximum atomic E-state index is 14.7. The van der Waals surface area contributed by atoms with Crippen LogP contribution in [0.25, 0.3) is 0 Å². The van der Waals surface area contributed by atoms with Gasteiger partial charge in [-0.1, -0.05) is 37.0 Å². The van der Waals surface area contributed by atoms with Crippen LogP contribution in [0.3, 0.4) is 0 Å². The minimum atomic E-state index is -5.14. The fourth-order valence-electron chi connectivity index (χ4n) is 8.82. The standard InChI is InChI=1S/C42H54Cl2F7N7O7/c1-22(2)16-27-36(62)56(4)32(18-23-17-24(43)10-11-26(23)44)38(64)57-15-7-9-30(57)33(59)52-14-6-5-8-29(34(60)53-27)55(3)37(63)28(20-41(46,47)48)54-35(61)31-19-25(45)21-58(31)39(65)40(12-13-40)42(49,50)51/h10-11,17,22,25,27-32H,5-9,12-16,18-21H2,1-4H3,(H,52,59)(H,53,60)(H,54,61)/t25?,27-,28-,29-,30+,31+,32-/m0/s1. The number of likely N-dealkylation sites (tertiary alicyclic amines) is 1. The lowest BCUT2D eigenvalue weighted by Gasteiger charge is -2.37. The van der Waals surface area contributed by atoms with Gasteiger partial charge in [-0.05, 0) is 81.0 Å². The molecule has 65 heavy (non-hydrogen) atoms. The molecule has 5 rings (SSSR count). The van der Waals surface area contributed by atoms with Crippen molar-refractivity contribution >= 4 is 64.6 Å². The monoisotopic (exact) mass is 971 g/mol. The first kappa shape index (κ1) is 51.6. The molecule has 4 aliphatic rings. The van der Waals surface area contributed by atoms with Crippen LogP contribution < -0.4 is 16.0 Å². The van der Waals surface area contributed by atoms with E-state index in [1.54, 1.807) is 13.8 Å². The van der Waals surface area contributed by atoms with Crippen LogP contribution in [0.1, 0.15) is 83.6 Å². The Kier molecular flexibility index (Phi) is 16.4. The number of carbonyl (C=O) groups excluding carboxylic acids is 7. The summed E-state index contributed by atoms with van der Waals surface area (Å²) in [6, 6.07) is -5.03. The van der Waals surface area contributed by atoms with E-state index < -0.39 is 134 Å². The molecule has 3 N–H and O–H groups in total. The Balaban J connectivity index is 1.45. The quantitative estimate of drug-likeness (QED) is 0.285. The minimum Gasteiger partial charge on any atom is -0.354 e. The Morgan fingerprint density at radius 1 is 0.969 bits per heavy atom. The summed E-state index contributed by atoms with van der Waals surface area (Å²) >= 11 is 12.8. The fraction of sp³-hybridized carbons (Fsp3) is 0.690. The maximum absolute atomic E-state index is 14.7. The van der Waals surface area contributed by atoms with Crippen LogP contribution in [-0.2, 0) is 40.0 Å². The number of carbonyl (C=O) groups is 7. The van der Waals surface area contributed by atoms with Gasteiger partial charge in [-0.25, -0.2) is 4.39 Å². The number of fused-ring (bicyclic) bond motifs is 1. The zero-order valence-corrected chi connectivity index (χ0v) is 37.8. The van der Waals surface area contributed by atoms with Crippen molar-refractivity contribution in [2.45, 2.75) is 139 Å². The predicted octanol–water partition coefficient (Wildman–Crippen LogP) is 4.73. The number of benzene rings is 1. The Morgan fingerprint density at radius 2 is 1.65 bits per heavy atom. The minimum absolute atomic E-state index is 0.0125. The second kappa shape index (κ2) is 20.6. The number of hydrogen-bond donors (Lipinski definition) is 3. The van der Waals surface area contributed by atoms with Gasteiger partial charge in [-0.15, -0.1) is 0 Å². The van der Waals surface area contributed by atoms with Gasteiger partial charge in [0.1, 0.15) is 47.8 Å². The van der Waals surface area contributed by atoms with Gasteiger partial charge in [0, 0.05) is 50.1 Å². The van der Waals surface area contributed by atoms with Crippen molar-refractivity contribution in [3.05, 3.63) is 33.8 Å². The summed E-state index contributed by atoms with van der Waals surface area (Å²) < 4.78 is 98.6. The fourth-order valence-corrected chi connectivity index (χ4v) is 9.21. The number of halogens is 9. The Bertz CT molecular complexity index is 1990. The van der Waals surface area contributed by atoms with Crippen molar-refractivity contribution in [1.29, 1.82) is 0 Å². The molecule has 0 aromatic heterocycles. The van der Waals surface area contributed by atoms with Crippen LogP contribution in [0.15, 0.2) is 18.2 Å². The number of amides is 7. The molecule has 362 valence electrons. The SMILES string of the molecule is CC(C)C[C@@H]1NC(=O)[C@@H](N(C)C(=O)[C@H](CC(F)(F)F)NC(=O)[C@H]2CC(F)CN2C(=O)C2(C(F)(F)F)CC2)CCCCNC(=O)[C@H]2CCCN2C(=O)[C@H](Cc2cc(Cl)ccc2Cl)N(C)C1=O. The number of rotatable bonds is 10. The van der Waals surface area contributed by atoms with Gasteiger partial charge in [0.15, 0.2) is 0 Å². The van der Waals surface area contributed by atoms with Crippen molar-refractivity contribution < 1.29 is 64.3 Å². The lowest BCUT2D eigenvalue weighted by Crippen LogP contribution is -2.61. The first-order valence-corrected chi connectivity index (χ1v) is 22.3. The topological polar surface area (TPSA) is 169 Å². The van der Waals surface area contributed by atoms with E-state index >= 15 is 0 Å².